The van der Waals surface area contributed by atoms with E-state index in [1.165, 1.54) is 0 Å². The van der Waals surface area contributed by atoms with Crippen molar-refractivity contribution in [1.29, 1.82) is 0 Å². The quantitative estimate of drug-likeness (QED) is 0.720. The third-order valence-electron chi connectivity index (χ3n) is 4.99. The van der Waals surface area contributed by atoms with Crippen molar-refractivity contribution in [2.45, 2.75) is 45.3 Å². The molecule has 0 aromatic rings. The van der Waals surface area contributed by atoms with Crippen molar-refractivity contribution in [3.8, 4) is 0 Å². The highest BCUT2D eigenvalue weighted by Crippen LogP contribution is 2.65. The first-order valence-corrected chi connectivity index (χ1v) is 6.43. The van der Waals surface area contributed by atoms with Crippen LogP contribution in [0.25, 0.3) is 0 Å². The number of rotatable bonds is 2. The first-order chi connectivity index (χ1) is 8.64. The molecule has 1 heterocycles. The Balaban J connectivity index is 1.86. The van der Waals surface area contributed by atoms with E-state index in [2.05, 4.69) is 0 Å². The van der Waals surface area contributed by atoms with Gasteiger partial charge in [-0.05, 0) is 11.8 Å². The maximum absolute atomic E-state index is 12.9. The van der Waals surface area contributed by atoms with Gasteiger partial charge in [-0.3, -0.25) is 4.79 Å². The smallest absolute Gasteiger partial charge is 0.377 e. The zero-order valence-electron chi connectivity index (χ0n) is 11.0. The largest absolute Gasteiger partial charge is 0.458 e. The van der Waals surface area contributed by atoms with Crippen LogP contribution >= 0.6 is 0 Å². The summed E-state index contributed by atoms with van der Waals surface area (Å²) in [5, 5.41) is 0. The molecule has 1 aliphatic heterocycles. The summed E-state index contributed by atoms with van der Waals surface area (Å²) in [5.41, 5.74) is -0.227. The molecular formula is C13H16F2O4. The molecule has 6 heteroatoms. The molecule has 3 rings (SSSR count). The molecule has 0 spiro atoms. The lowest BCUT2D eigenvalue weighted by Crippen LogP contribution is -2.40. The van der Waals surface area contributed by atoms with Gasteiger partial charge < -0.3 is 9.47 Å². The van der Waals surface area contributed by atoms with Gasteiger partial charge in [0.25, 0.3) is 0 Å². The lowest BCUT2D eigenvalue weighted by Gasteiger charge is -2.27. The fraction of sp³-hybridized carbons (Fsp3) is 0.846. The SMILES string of the molecule is CC(F)(F)C(=O)OC1C2OC(=O)C3CC1C(C)(C)C32. The number of esters is 2. The van der Waals surface area contributed by atoms with Crippen molar-refractivity contribution < 1.29 is 27.8 Å². The van der Waals surface area contributed by atoms with Crippen molar-refractivity contribution in [2.24, 2.45) is 23.2 Å². The number of halogens is 2. The minimum absolute atomic E-state index is 0.0340. The maximum Gasteiger partial charge on any atom is 0.377 e. The molecule has 19 heavy (non-hydrogen) atoms. The summed E-state index contributed by atoms with van der Waals surface area (Å²) in [4.78, 5) is 23.0. The summed E-state index contributed by atoms with van der Waals surface area (Å²) in [6.07, 6.45) is -0.737. The van der Waals surface area contributed by atoms with E-state index in [4.69, 9.17) is 9.47 Å². The van der Waals surface area contributed by atoms with Gasteiger partial charge in [0.05, 0.1) is 5.92 Å². The monoisotopic (exact) mass is 274 g/mol. The van der Waals surface area contributed by atoms with E-state index in [1.54, 1.807) is 0 Å². The summed E-state index contributed by atoms with van der Waals surface area (Å²) < 4.78 is 36.1. The Morgan fingerprint density at radius 2 is 2.11 bits per heavy atom. The molecular weight excluding hydrogens is 258 g/mol. The van der Waals surface area contributed by atoms with Crippen LogP contribution in [0.1, 0.15) is 27.2 Å². The van der Waals surface area contributed by atoms with E-state index in [9.17, 15) is 18.4 Å². The first kappa shape index (κ1) is 12.8. The van der Waals surface area contributed by atoms with Crippen LogP contribution in [0.15, 0.2) is 0 Å². The van der Waals surface area contributed by atoms with Crippen LogP contribution in [0.5, 0.6) is 0 Å². The molecule has 1 saturated heterocycles. The Labute approximate surface area is 109 Å². The predicted octanol–water partition coefficient (Wildman–Crippen LogP) is 1.77. The molecule has 0 aromatic carbocycles. The Kier molecular flexibility index (Phi) is 2.34. The normalized spacial score (nSPS) is 42.4. The third kappa shape index (κ3) is 1.55. The van der Waals surface area contributed by atoms with Gasteiger partial charge in [-0.2, -0.15) is 8.78 Å². The van der Waals surface area contributed by atoms with Crippen molar-refractivity contribution in [1.82, 2.24) is 0 Å². The van der Waals surface area contributed by atoms with Crippen LogP contribution in [0.2, 0.25) is 0 Å². The van der Waals surface area contributed by atoms with E-state index in [0.717, 1.165) is 0 Å². The van der Waals surface area contributed by atoms with Crippen LogP contribution in [0.4, 0.5) is 8.78 Å². The molecule has 106 valence electrons. The van der Waals surface area contributed by atoms with Gasteiger partial charge >= 0.3 is 17.9 Å². The Bertz CT molecular complexity index is 454. The first-order valence-electron chi connectivity index (χ1n) is 6.43. The van der Waals surface area contributed by atoms with Crippen molar-refractivity contribution in [3.05, 3.63) is 0 Å². The minimum Gasteiger partial charge on any atom is -0.458 e. The Hall–Kier alpha value is -1.20. The average Bonchev–Trinajstić information content (AvgIpc) is 2.74. The lowest BCUT2D eigenvalue weighted by atomic mass is 9.80. The zero-order valence-corrected chi connectivity index (χ0v) is 11.0. The molecule has 5 unspecified atom stereocenters. The molecule has 4 nitrogen and oxygen atoms in total. The van der Waals surface area contributed by atoms with E-state index in [-0.39, 0.29) is 29.1 Å². The summed E-state index contributed by atoms with van der Waals surface area (Å²) in [7, 11) is 0. The van der Waals surface area contributed by atoms with E-state index in [1.807, 2.05) is 13.8 Å². The summed E-state index contributed by atoms with van der Waals surface area (Å²) >= 11 is 0. The second kappa shape index (κ2) is 3.46. The van der Waals surface area contributed by atoms with Crippen LogP contribution in [-0.4, -0.2) is 30.1 Å². The predicted molar refractivity (Wildman–Crippen MR) is 59.2 cm³/mol. The van der Waals surface area contributed by atoms with Crippen molar-refractivity contribution >= 4 is 11.9 Å². The molecule has 5 atom stereocenters. The summed E-state index contributed by atoms with van der Waals surface area (Å²) in [6, 6.07) is 0. The van der Waals surface area contributed by atoms with Crippen LogP contribution < -0.4 is 0 Å². The van der Waals surface area contributed by atoms with Gasteiger partial charge in [0.1, 0.15) is 12.2 Å². The molecule has 2 bridgehead atoms. The third-order valence-corrected chi connectivity index (χ3v) is 4.99. The number of fused-ring (bicyclic) bond motifs is 1. The van der Waals surface area contributed by atoms with Gasteiger partial charge in [-0.25, -0.2) is 4.79 Å². The van der Waals surface area contributed by atoms with Crippen LogP contribution in [-0.2, 0) is 19.1 Å². The lowest BCUT2D eigenvalue weighted by molar-refractivity contribution is -0.184. The fourth-order valence-corrected chi connectivity index (χ4v) is 4.11. The Morgan fingerprint density at radius 3 is 2.68 bits per heavy atom. The number of hydrogen-bond acceptors (Lipinski definition) is 4. The molecule has 0 amide bonds. The number of carbonyl (C=O) groups excluding carboxylic acids is 2. The van der Waals surface area contributed by atoms with Gasteiger partial charge in [0.2, 0.25) is 0 Å². The second-order valence-corrected chi connectivity index (χ2v) is 6.46. The van der Waals surface area contributed by atoms with E-state index >= 15 is 0 Å². The topological polar surface area (TPSA) is 52.6 Å². The highest BCUT2D eigenvalue weighted by atomic mass is 19.3. The molecule has 2 aliphatic carbocycles. The molecule has 2 saturated carbocycles. The summed E-state index contributed by atoms with van der Waals surface area (Å²) in [6.45, 7) is 4.47. The van der Waals surface area contributed by atoms with Crippen LogP contribution in [0, 0.1) is 23.2 Å². The number of alkyl halides is 2. The zero-order chi connectivity index (χ0) is 14.2. The molecule has 3 aliphatic rings. The standard InChI is InChI=1S/C13H16F2O4/c1-12(2)6-4-5-7(12)9(18-10(5)16)8(6)19-11(17)13(3,14)15/h5-9H,4H2,1-3H3. The second-order valence-electron chi connectivity index (χ2n) is 6.46. The minimum atomic E-state index is -3.52. The molecule has 3 fully saturated rings. The van der Waals surface area contributed by atoms with Crippen molar-refractivity contribution in [3.63, 3.8) is 0 Å². The number of carbonyl (C=O) groups is 2. The van der Waals surface area contributed by atoms with Gasteiger partial charge in [-0.1, -0.05) is 13.8 Å². The molecule has 0 N–H and O–H groups in total. The van der Waals surface area contributed by atoms with Crippen LogP contribution in [0.3, 0.4) is 0 Å². The van der Waals surface area contributed by atoms with E-state index < -0.39 is 24.1 Å². The average molecular weight is 274 g/mol. The number of hydrogen-bond donors (Lipinski definition) is 0. The van der Waals surface area contributed by atoms with Gasteiger partial charge in [0.15, 0.2) is 0 Å². The van der Waals surface area contributed by atoms with E-state index in [0.29, 0.717) is 13.3 Å². The van der Waals surface area contributed by atoms with Gasteiger partial charge in [-0.15, -0.1) is 0 Å². The summed E-state index contributed by atoms with van der Waals surface area (Å²) in [5.74, 6) is -5.64. The highest BCUT2D eigenvalue weighted by molar-refractivity contribution is 5.79. The fourth-order valence-electron chi connectivity index (χ4n) is 4.11. The molecule has 0 radical (unpaired) electrons. The number of ether oxygens (including phenoxy) is 2. The maximum atomic E-state index is 12.9. The van der Waals surface area contributed by atoms with Gasteiger partial charge in [0, 0.05) is 18.8 Å². The highest BCUT2D eigenvalue weighted by Gasteiger charge is 2.71. The van der Waals surface area contributed by atoms with Crippen molar-refractivity contribution in [2.75, 3.05) is 0 Å². The molecule has 0 aromatic heterocycles. The Morgan fingerprint density at radius 1 is 1.47 bits per heavy atom.